The van der Waals surface area contributed by atoms with Gasteiger partial charge < -0.3 is 16.4 Å². The van der Waals surface area contributed by atoms with E-state index in [9.17, 15) is 10.1 Å². The molecular formula is C15H20N4OS. The van der Waals surface area contributed by atoms with Crippen molar-refractivity contribution in [3.05, 3.63) is 10.4 Å². The fraction of sp³-hybridized carbons (Fsp3) is 0.600. The monoisotopic (exact) mass is 304 g/mol. The molecule has 0 aromatic carbocycles. The van der Waals surface area contributed by atoms with Gasteiger partial charge in [0.2, 0.25) is 0 Å². The Morgan fingerprint density at radius 2 is 2.24 bits per heavy atom. The van der Waals surface area contributed by atoms with Crippen LogP contribution in [-0.2, 0) is 0 Å². The second-order valence-electron chi connectivity index (χ2n) is 6.01. The van der Waals surface area contributed by atoms with Gasteiger partial charge in [0.25, 0.3) is 5.91 Å². The number of carbonyl (C=O) groups excluding carboxylic acids is 1. The van der Waals surface area contributed by atoms with Crippen LogP contribution in [0.2, 0.25) is 0 Å². The van der Waals surface area contributed by atoms with Gasteiger partial charge in [0.1, 0.15) is 21.5 Å². The van der Waals surface area contributed by atoms with Crippen LogP contribution >= 0.6 is 11.3 Å². The first-order valence-electron chi connectivity index (χ1n) is 7.45. The van der Waals surface area contributed by atoms with Gasteiger partial charge in [0.15, 0.2) is 0 Å². The minimum Gasteiger partial charge on any atom is -0.396 e. The van der Waals surface area contributed by atoms with Gasteiger partial charge in [-0.3, -0.25) is 4.79 Å². The first-order valence-corrected chi connectivity index (χ1v) is 8.27. The lowest BCUT2D eigenvalue weighted by atomic mass is 10.0. The van der Waals surface area contributed by atoms with Gasteiger partial charge in [-0.15, -0.1) is 11.3 Å². The largest absolute Gasteiger partial charge is 0.396 e. The van der Waals surface area contributed by atoms with E-state index < -0.39 is 0 Å². The average molecular weight is 304 g/mol. The fourth-order valence-corrected chi connectivity index (χ4v) is 3.91. The van der Waals surface area contributed by atoms with Crippen molar-refractivity contribution in [2.24, 2.45) is 11.3 Å². The van der Waals surface area contributed by atoms with Crippen LogP contribution in [0.15, 0.2) is 0 Å². The number of nitriles is 1. The van der Waals surface area contributed by atoms with Crippen LogP contribution in [0.5, 0.6) is 0 Å². The van der Waals surface area contributed by atoms with E-state index in [2.05, 4.69) is 16.7 Å². The lowest BCUT2D eigenvalue weighted by molar-refractivity contribution is 0.0960. The van der Waals surface area contributed by atoms with Crippen molar-refractivity contribution in [1.82, 2.24) is 5.32 Å². The smallest absolute Gasteiger partial charge is 0.263 e. The van der Waals surface area contributed by atoms with Crippen LogP contribution in [0.4, 0.5) is 10.7 Å². The zero-order valence-corrected chi connectivity index (χ0v) is 13.0. The molecule has 21 heavy (non-hydrogen) atoms. The molecule has 6 heteroatoms. The summed E-state index contributed by atoms with van der Waals surface area (Å²) in [6, 6.07) is 2.13. The van der Waals surface area contributed by atoms with E-state index in [-0.39, 0.29) is 5.91 Å². The topological polar surface area (TPSA) is 90.9 Å². The SMILES string of the molecule is CCNC(=O)c1sc(NCC2(C3CC3)CC2)c(C#N)c1N. The maximum atomic E-state index is 12.0. The maximum absolute atomic E-state index is 12.0. The second-order valence-corrected chi connectivity index (χ2v) is 7.03. The number of hydrogen-bond donors (Lipinski definition) is 3. The van der Waals surface area contributed by atoms with Crippen molar-refractivity contribution in [3.8, 4) is 6.07 Å². The summed E-state index contributed by atoms with van der Waals surface area (Å²) in [6.45, 7) is 3.30. The van der Waals surface area contributed by atoms with Crippen LogP contribution in [-0.4, -0.2) is 19.0 Å². The van der Waals surface area contributed by atoms with Gasteiger partial charge in [-0.2, -0.15) is 5.26 Å². The highest BCUT2D eigenvalue weighted by atomic mass is 32.1. The summed E-state index contributed by atoms with van der Waals surface area (Å²) in [5.74, 6) is 0.656. The van der Waals surface area contributed by atoms with E-state index in [0.29, 0.717) is 28.1 Å². The Balaban J connectivity index is 1.76. The third kappa shape index (κ3) is 2.58. The van der Waals surface area contributed by atoms with Crippen LogP contribution in [0.25, 0.3) is 0 Å². The van der Waals surface area contributed by atoms with Crippen molar-refractivity contribution in [1.29, 1.82) is 5.26 Å². The molecule has 0 spiro atoms. The number of rotatable bonds is 6. The fourth-order valence-electron chi connectivity index (χ4n) is 2.93. The summed E-state index contributed by atoms with van der Waals surface area (Å²) in [6.07, 6.45) is 5.22. The van der Waals surface area contributed by atoms with Gasteiger partial charge in [-0.25, -0.2) is 0 Å². The van der Waals surface area contributed by atoms with Gasteiger partial charge in [0.05, 0.1) is 5.69 Å². The van der Waals surface area contributed by atoms with Crippen molar-refractivity contribution in [2.75, 3.05) is 24.1 Å². The van der Waals surface area contributed by atoms with Crippen LogP contribution in [0.3, 0.4) is 0 Å². The molecule has 1 aromatic rings. The van der Waals surface area contributed by atoms with Gasteiger partial charge in [-0.1, -0.05) is 0 Å². The molecule has 112 valence electrons. The molecule has 1 amide bonds. The Labute approximate surface area is 128 Å². The molecule has 1 aromatic heterocycles. The number of nitrogens with two attached hydrogens (primary N) is 1. The molecule has 2 saturated carbocycles. The second kappa shape index (κ2) is 5.23. The highest BCUT2D eigenvalue weighted by Gasteiger charge is 2.53. The Hall–Kier alpha value is -1.74. The first-order chi connectivity index (χ1) is 10.1. The predicted octanol–water partition coefficient (Wildman–Crippen LogP) is 2.55. The van der Waals surface area contributed by atoms with Crippen LogP contribution in [0.1, 0.15) is 47.8 Å². The molecule has 0 bridgehead atoms. The maximum Gasteiger partial charge on any atom is 0.263 e. The predicted molar refractivity (Wildman–Crippen MR) is 84.3 cm³/mol. The molecule has 0 atom stereocenters. The van der Waals surface area contributed by atoms with Crippen molar-refractivity contribution < 1.29 is 4.79 Å². The molecule has 3 rings (SSSR count). The van der Waals surface area contributed by atoms with E-state index in [1.165, 1.54) is 37.0 Å². The minimum atomic E-state index is -0.201. The Bertz CT molecular complexity index is 608. The van der Waals surface area contributed by atoms with Crippen molar-refractivity contribution >= 4 is 27.9 Å². The lowest BCUT2D eigenvalue weighted by Gasteiger charge is -2.15. The molecular weight excluding hydrogens is 284 g/mol. The molecule has 4 N–H and O–H groups in total. The van der Waals surface area contributed by atoms with Gasteiger partial charge in [-0.05, 0) is 43.9 Å². The number of nitrogens with zero attached hydrogens (tertiary/aromatic N) is 1. The zero-order chi connectivity index (χ0) is 15.0. The van der Waals surface area contributed by atoms with E-state index in [0.717, 1.165) is 17.5 Å². The molecule has 0 saturated heterocycles. The van der Waals surface area contributed by atoms with Gasteiger partial charge in [0, 0.05) is 13.1 Å². The number of hydrogen-bond acceptors (Lipinski definition) is 5. The summed E-state index contributed by atoms with van der Waals surface area (Å²) in [5, 5.41) is 16.2. The average Bonchev–Trinajstić information content (AvgIpc) is 3.34. The standard InChI is InChI=1S/C15H20N4OS/c1-2-18-13(20)12-11(17)10(7-16)14(21-12)19-8-15(5-6-15)9-3-4-9/h9,19H,2-6,8,17H2,1H3,(H,18,20). The molecule has 2 fully saturated rings. The molecule has 2 aliphatic rings. The normalized spacial score (nSPS) is 18.9. The summed E-state index contributed by atoms with van der Waals surface area (Å²) in [4.78, 5) is 12.4. The number of carbonyl (C=O) groups is 1. The van der Waals surface area contributed by atoms with E-state index in [4.69, 9.17) is 5.73 Å². The molecule has 0 unspecified atom stereocenters. The Morgan fingerprint density at radius 1 is 1.52 bits per heavy atom. The number of nitrogen functional groups attached to an aromatic ring is 1. The van der Waals surface area contributed by atoms with Crippen LogP contribution < -0.4 is 16.4 Å². The first kappa shape index (κ1) is 14.2. The molecule has 5 nitrogen and oxygen atoms in total. The number of nitrogens with one attached hydrogen (secondary N) is 2. The molecule has 1 heterocycles. The summed E-state index contributed by atoms with van der Waals surface area (Å²) in [7, 11) is 0. The Morgan fingerprint density at radius 3 is 2.76 bits per heavy atom. The number of thiophene rings is 1. The van der Waals surface area contributed by atoms with E-state index >= 15 is 0 Å². The summed E-state index contributed by atoms with van der Waals surface area (Å²) >= 11 is 1.29. The van der Waals surface area contributed by atoms with E-state index in [1.807, 2.05) is 6.92 Å². The number of amides is 1. The quantitative estimate of drug-likeness (QED) is 0.753. The van der Waals surface area contributed by atoms with Crippen LogP contribution in [0, 0.1) is 22.7 Å². The third-order valence-electron chi connectivity index (χ3n) is 4.54. The molecule has 2 aliphatic carbocycles. The lowest BCUT2D eigenvalue weighted by Crippen LogP contribution is -2.22. The summed E-state index contributed by atoms with van der Waals surface area (Å²) < 4.78 is 0. The number of anilines is 2. The van der Waals surface area contributed by atoms with Gasteiger partial charge >= 0.3 is 0 Å². The minimum absolute atomic E-state index is 0.201. The Kier molecular flexibility index (Phi) is 3.54. The zero-order valence-electron chi connectivity index (χ0n) is 12.2. The van der Waals surface area contributed by atoms with Crippen molar-refractivity contribution in [3.63, 3.8) is 0 Å². The highest BCUT2D eigenvalue weighted by Crippen LogP contribution is 2.61. The van der Waals surface area contributed by atoms with E-state index in [1.54, 1.807) is 0 Å². The third-order valence-corrected chi connectivity index (χ3v) is 5.70. The highest BCUT2D eigenvalue weighted by molar-refractivity contribution is 7.18. The molecule has 0 aliphatic heterocycles. The van der Waals surface area contributed by atoms with Crippen molar-refractivity contribution in [2.45, 2.75) is 32.6 Å². The molecule has 0 radical (unpaired) electrons. The summed E-state index contributed by atoms with van der Waals surface area (Å²) in [5.41, 5.74) is 7.11.